The van der Waals surface area contributed by atoms with Crippen LogP contribution in [0.1, 0.15) is 66.2 Å². The number of hydrogen-bond donors (Lipinski definition) is 0. The first-order valence-electron chi connectivity index (χ1n) is 8.92. The van der Waals surface area contributed by atoms with Gasteiger partial charge in [0.05, 0.1) is 0 Å². The zero-order valence-corrected chi connectivity index (χ0v) is 20.5. The molecule has 0 aliphatic heterocycles. The molecule has 3 heteroatoms. The van der Waals surface area contributed by atoms with Crippen LogP contribution >= 0.6 is 24.8 Å². The number of rotatable bonds is 0. The van der Waals surface area contributed by atoms with Crippen LogP contribution in [0.3, 0.4) is 0 Å². The summed E-state index contributed by atoms with van der Waals surface area (Å²) in [6, 6.07) is 0. The van der Waals surface area contributed by atoms with Crippen molar-refractivity contribution in [1.82, 2.24) is 0 Å². The molecule has 0 heterocycles. The Labute approximate surface area is 187 Å². The number of allylic oxidation sites excluding steroid dienone is 12. The summed E-state index contributed by atoms with van der Waals surface area (Å²) < 4.78 is 3.34. The average Bonchev–Trinajstić information content (AvgIpc) is 3.13. The summed E-state index contributed by atoms with van der Waals surface area (Å²) in [5.74, 6) is 0. The van der Waals surface area contributed by atoms with E-state index in [9.17, 15) is 0 Å². The van der Waals surface area contributed by atoms with Crippen LogP contribution in [0.4, 0.5) is 0 Å². The van der Waals surface area contributed by atoms with Crippen LogP contribution in [0.2, 0.25) is 0 Å². The normalized spacial score (nSPS) is 19.8. The molecule has 4 aliphatic rings. The van der Waals surface area contributed by atoms with Crippen molar-refractivity contribution in [3.8, 4) is 0 Å². The predicted octanol–water partition coefficient (Wildman–Crippen LogP) is 7.16. The van der Waals surface area contributed by atoms with Crippen LogP contribution in [0.25, 0.3) is 0 Å². The van der Waals surface area contributed by atoms with Crippen LogP contribution in [-0.2, 0) is 24.2 Å². The summed E-state index contributed by atoms with van der Waals surface area (Å²) in [6.07, 6.45) is 19.0. The van der Waals surface area contributed by atoms with Gasteiger partial charge >= 0.3 is 28.4 Å². The van der Waals surface area contributed by atoms with E-state index in [0.29, 0.717) is 0 Å². The molecule has 0 amide bonds. The van der Waals surface area contributed by atoms with Gasteiger partial charge in [-0.25, -0.2) is 12.2 Å². The second-order valence-corrected chi connectivity index (χ2v) is 6.96. The summed E-state index contributed by atoms with van der Waals surface area (Å²) in [5, 5.41) is 0. The molecule has 0 fully saturated rings. The minimum atomic E-state index is 0. The van der Waals surface area contributed by atoms with Gasteiger partial charge in [-0.2, -0.15) is 45.6 Å². The molecule has 0 nitrogen and oxygen atoms in total. The van der Waals surface area contributed by atoms with E-state index >= 15 is 0 Å². The fourth-order valence-electron chi connectivity index (χ4n) is 3.78. The van der Waals surface area contributed by atoms with Gasteiger partial charge in [0.25, 0.3) is 0 Å². The molecular formula is C23H30Cl2Zr. The number of hydrogen-bond acceptors (Lipinski definition) is 0. The van der Waals surface area contributed by atoms with E-state index < -0.39 is 0 Å². The SMILES string of the molecule is CC1=CC2=C(C)CCCC2=[C-]1.CC1=CC2=C(C)CCCC2=[C-]1.Cl.Cl.[CH2]=[Zr+2]. The van der Waals surface area contributed by atoms with Crippen LogP contribution in [0.5, 0.6) is 0 Å². The van der Waals surface area contributed by atoms with Crippen molar-refractivity contribution in [1.29, 1.82) is 0 Å². The molecule has 140 valence electrons. The molecule has 4 rings (SSSR count). The summed E-state index contributed by atoms with van der Waals surface area (Å²) in [7, 11) is 0. The molecule has 0 aromatic carbocycles. The van der Waals surface area contributed by atoms with Crippen LogP contribution in [0, 0.1) is 12.2 Å². The van der Waals surface area contributed by atoms with E-state index in [1.165, 1.54) is 96.2 Å². The maximum absolute atomic E-state index is 3.41. The van der Waals surface area contributed by atoms with Crippen molar-refractivity contribution < 1.29 is 24.2 Å². The molecule has 0 aromatic rings. The van der Waals surface area contributed by atoms with Gasteiger partial charge in [-0.15, -0.1) is 36.0 Å². The third-order valence-electron chi connectivity index (χ3n) is 4.94. The van der Waals surface area contributed by atoms with Crippen LogP contribution in [0.15, 0.2) is 56.7 Å². The quantitative estimate of drug-likeness (QED) is 0.331. The average molecular weight is 469 g/mol. The van der Waals surface area contributed by atoms with Crippen LogP contribution in [-0.4, -0.2) is 4.21 Å². The van der Waals surface area contributed by atoms with E-state index in [4.69, 9.17) is 0 Å². The topological polar surface area (TPSA) is 0 Å². The van der Waals surface area contributed by atoms with Crippen LogP contribution < -0.4 is 0 Å². The van der Waals surface area contributed by atoms with Gasteiger partial charge in [0, 0.05) is 0 Å². The van der Waals surface area contributed by atoms with Crippen molar-refractivity contribution in [2.24, 2.45) is 0 Å². The monoisotopic (exact) mass is 466 g/mol. The molecule has 0 saturated heterocycles. The zero-order chi connectivity index (χ0) is 17.7. The third kappa shape index (κ3) is 6.43. The Morgan fingerprint density at radius 2 is 1.04 bits per heavy atom. The second kappa shape index (κ2) is 12.3. The van der Waals surface area contributed by atoms with Crippen molar-refractivity contribution in [2.75, 3.05) is 0 Å². The van der Waals surface area contributed by atoms with Crippen molar-refractivity contribution in [3.63, 3.8) is 0 Å². The van der Waals surface area contributed by atoms with Crippen molar-refractivity contribution >= 4 is 29.0 Å². The van der Waals surface area contributed by atoms with E-state index in [0.717, 1.165) is 0 Å². The first-order valence-corrected chi connectivity index (χ1v) is 10.7. The Hall–Kier alpha value is -0.227. The van der Waals surface area contributed by atoms with E-state index in [1.54, 1.807) is 11.1 Å². The fourth-order valence-corrected chi connectivity index (χ4v) is 3.78. The van der Waals surface area contributed by atoms with Gasteiger partial charge < -0.3 is 0 Å². The molecule has 4 aliphatic carbocycles. The fraction of sp³-hybridized carbons (Fsp3) is 0.435. The molecule has 26 heavy (non-hydrogen) atoms. The molecular weight excluding hydrogens is 438 g/mol. The van der Waals surface area contributed by atoms with Gasteiger partial charge in [-0.05, 0) is 25.7 Å². The Morgan fingerprint density at radius 3 is 1.35 bits per heavy atom. The third-order valence-corrected chi connectivity index (χ3v) is 4.94. The molecule has 0 unspecified atom stereocenters. The molecule has 0 atom stereocenters. The number of halogens is 2. The molecule has 0 saturated carbocycles. The van der Waals surface area contributed by atoms with E-state index in [-0.39, 0.29) is 24.8 Å². The Kier molecular flexibility index (Phi) is 12.2. The molecule has 0 radical (unpaired) electrons. The summed E-state index contributed by atoms with van der Waals surface area (Å²) >= 11 is 1.30. The van der Waals surface area contributed by atoms with Gasteiger partial charge in [0.1, 0.15) is 0 Å². The summed E-state index contributed by atoms with van der Waals surface area (Å²) in [4.78, 5) is 0. The molecule has 0 aromatic heterocycles. The van der Waals surface area contributed by atoms with Crippen molar-refractivity contribution in [3.05, 3.63) is 68.9 Å². The molecule has 0 bridgehead atoms. The summed E-state index contributed by atoms with van der Waals surface area (Å²) in [6.45, 7) is 8.74. The van der Waals surface area contributed by atoms with E-state index in [1.807, 2.05) is 0 Å². The predicted molar refractivity (Wildman–Crippen MR) is 116 cm³/mol. The number of fused-ring (bicyclic) bond motifs is 2. The Balaban J connectivity index is 0.000000410. The molecule has 0 N–H and O–H groups in total. The minimum absolute atomic E-state index is 0. The van der Waals surface area contributed by atoms with Gasteiger partial charge in [0.2, 0.25) is 0 Å². The van der Waals surface area contributed by atoms with Gasteiger partial charge in [0.15, 0.2) is 0 Å². The van der Waals surface area contributed by atoms with E-state index in [2.05, 4.69) is 56.2 Å². The van der Waals surface area contributed by atoms with Crippen molar-refractivity contribution in [2.45, 2.75) is 66.2 Å². The maximum atomic E-state index is 3.41. The molecule has 0 spiro atoms. The second-order valence-electron chi connectivity index (χ2n) is 6.96. The Bertz CT molecular complexity index is 640. The first kappa shape index (κ1) is 25.8. The summed E-state index contributed by atoms with van der Waals surface area (Å²) in [5.41, 5.74) is 11.6. The Morgan fingerprint density at radius 1 is 0.692 bits per heavy atom. The van der Waals surface area contributed by atoms with Gasteiger partial charge in [-0.3, -0.25) is 0 Å². The zero-order valence-electron chi connectivity index (χ0n) is 16.4. The van der Waals surface area contributed by atoms with Gasteiger partial charge in [-0.1, -0.05) is 40.5 Å². The standard InChI is InChI=1S/2C11H13.CH2.2ClH.Zr/c2*1-8-6-10-5-3-4-9(2)11(10)7-8;;;;/h2*7H,3-5H2,1-2H3;1H2;2*1H;/q2*-1;;;;+2. The first-order chi connectivity index (χ1) is 11.5.